The van der Waals surface area contributed by atoms with Gasteiger partial charge in [-0.2, -0.15) is 0 Å². The summed E-state index contributed by atoms with van der Waals surface area (Å²) >= 11 is 40.2. The van der Waals surface area contributed by atoms with Crippen LogP contribution < -0.4 is 21.9 Å². The van der Waals surface area contributed by atoms with E-state index in [4.69, 9.17) is 40.5 Å². The van der Waals surface area contributed by atoms with Crippen molar-refractivity contribution in [2.75, 3.05) is 32.0 Å². The Labute approximate surface area is 643 Å². The van der Waals surface area contributed by atoms with E-state index in [9.17, 15) is 42.9 Å². The predicted octanol–water partition coefficient (Wildman–Crippen LogP) is 15.6. The number of thiol groups is 1. The molecule has 0 bridgehead atoms. The van der Waals surface area contributed by atoms with Crippen LogP contribution in [0.1, 0.15) is 165 Å². The fourth-order valence-electron chi connectivity index (χ4n) is 9.53. The minimum atomic E-state index is -3.22. The van der Waals surface area contributed by atoms with Crippen molar-refractivity contribution in [2.24, 2.45) is 27.8 Å². The second kappa shape index (κ2) is 42.6. The summed E-state index contributed by atoms with van der Waals surface area (Å²) in [6.45, 7) is 17.7. The van der Waals surface area contributed by atoms with Gasteiger partial charge in [0.2, 0.25) is 17.4 Å². The molecular formula is C65H77BBrCl6N13O12PS3. The molecule has 549 valence electrons. The van der Waals surface area contributed by atoms with Crippen LogP contribution in [0.25, 0.3) is 10.4 Å². The predicted molar refractivity (Wildman–Crippen MR) is 409 cm³/mol. The average molecular weight is 1660 g/mol. The molecule has 9 heterocycles. The Morgan fingerprint density at radius 2 is 1.19 bits per heavy atom. The molecule has 37 heteroatoms. The standard InChI is InChI=1S/C18H20N4O2S.C12H13ClN2O.C8H7BrClNO2.C8H8ClNO2.C8H9NO3.C6H8N2OS.C5H11N.BHNS.Cl3OP/c1-9-16(25-18(20-9)21-11(3)23)13-6-14-8-22(10(2)12-4-5-12)17(24)15(14)19-7-13;1-7(8-2-3-8)15-6-10-9(12(15)16)4-5-11(13)14-10;1-13-8(12)5-2-3-7(10)11-6(5)4-9;1-5-6(8(11)12-2)3-4-7(9)10-5;1-5-6(8(11)12-2)3-4-7(10)9-5;1-4-3-10-6(7-4)8-5(2)9;1-4(6)5-2-3-5;1-2-3;1-5(2,3)4/h6-7,10,12H,4-5,8H2,1-3H3,(H,20,21,23);4-5,7-8H,2-3,6H2,1H3;2-3H,4H2,1H3;3-4H,1-2H3;3-4H,1-2H3,(H,9,10);3H,1-2H3,(H,7,8,9);4-5H,2-3,6H2,1H3;3H;/t10-;7-;;;;;4-;;/m00....0../s1. The number of carbonyl (C=O) groups is 7. The van der Waals surface area contributed by atoms with Gasteiger partial charge in [0.25, 0.3) is 11.8 Å². The Bertz CT molecular complexity index is 4200. The number of nitrogens with one attached hydrogen (secondary N) is 3. The molecule has 3 saturated carbocycles. The van der Waals surface area contributed by atoms with Gasteiger partial charge in [0.1, 0.15) is 21.2 Å². The third-order valence-corrected chi connectivity index (χ3v) is 18.3. The van der Waals surface area contributed by atoms with Gasteiger partial charge in [-0.25, -0.2) is 39.3 Å². The molecule has 5 aliphatic rings. The Morgan fingerprint density at radius 1 is 0.706 bits per heavy atom. The van der Waals surface area contributed by atoms with E-state index in [1.54, 1.807) is 56.4 Å². The minimum absolute atomic E-state index is 0.0425. The number of aromatic nitrogens is 7. The number of hydrogen-bond donors (Lipinski definition) is 5. The first-order valence-corrected chi connectivity index (χ1v) is 39.8. The number of anilines is 2. The number of alkyl halides is 1. The van der Waals surface area contributed by atoms with Gasteiger partial charge in [-0.1, -0.05) is 62.1 Å². The molecule has 0 unspecified atom stereocenters. The summed E-state index contributed by atoms with van der Waals surface area (Å²) < 4.78 is 25.8. The van der Waals surface area contributed by atoms with Crippen LogP contribution >= 0.6 is 125 Å². The van der Waals surface area contributed by atoms with Crippen LogP contribution in [0, 0.1) is 45.4 Å². The molecule has 12 rings (SSSR count). The summed E-state index contributed by atoms with van der Waals surface area (Å²) in [5, 5.41) is 6.92. The molecule has 3 fully saturated rings. The van der Waals surface area contributed by atoms with Crippen LogP contribution in [0.2, 0.25) is 15.5 Å². The first kappa shape index (κ1) is 88.1. The monoisotopic (exact) mass is 1660 g/mol. The summed E-state index contributed by atoms with van der Waals surface area (Å²) in [7, 11) is 8.29. The maximum absolute atomic E-state index is 12.6. The summed E-state index contributed by atoms with van der Waals surface area (Å²) in [4.78, 5) is 123. The number of aromatic amines is 1. The molecule has 2 aliphatic heterocycles. The van der Waals surface area contributed by atoms with E-state index in [0.29, 0.717) is 108 Å². The molecule has 4 amide bonds. The van der Waals surface area contributed by atoms with Gasteiger partial charge in [-0.15, -0.1) is 11.3 Å². The fourth-order valence-corrected chi connectivity index (χ4v) is 12.2. The number of rotatable bonds is 12. The van der Waals surface area contributed by atoms with E-state index in [1.807, 2.05) is 35.1 Å². The average Bonchev–Trinajstić information content (AvgIpc) is 1.63. The number of nitrogens with two attached hydrogens (primary N) is 1. The zero-order chi connectivity index (χ0) is 76.5. The van der Waals surface area contributed by atoms with Gasteiger partial charge in [0.15, 0.2) is 10.3 Å². The fraction of sp³-hybridized carbons (Fsp3) is 0.415. The molecule has 7 aromatic rings. The van der Waals surface area contributed by atoms with Gasteiger partial charge in [0, 0.05) is 78.3 Å². The Balaban J connectivity index is 0.000000256. The van der Waals surface area contributed by atoms with Gasteiger partial charge < -0.3 is 45.4 Å². The van der Waals surface area contributed by atoms with E-state index in [1.165, 1.54) is 109 Å². The maximum atomic E-state index is 12.6. The molecule has 5 N–H and O–H groups in total. The van der Waals surface area contributed by atoms with Crippen LogP contribution in [0.3, 0.4) is 0 Å². The number of pyridine rings is 5. The first-order chi connectivity index (χ1) is 48.0. The number of aryl methyl sites for hydroxylation is 4. The SMILES string of the molecule is CC(=O)Nc1nc(C)c(-c2cnc3c(c2)CN([C@@H](C)C2CC2)C3=O)s1.CC(=O)Nc1nc(C)cs1.COC(=O)c1ccc(=O)[nH]c1C.COC(=O)c1ccc(Cl)nc1C.COC(=O)c1ccc(Cl)nc1CBr.C[C@@H](C1CC1)N1Cc2nc(Cl)ccc2C1=O.C[C@H](N)C1CC1.O=P(Cl)(Cl)Cl.[B]=NS. The second-order valence-electron chi connectivity index (χ2n) is 23.0. The Hall–Kier alpha value is -6.28. The summed E-state index contributed by atoms with van der Waals surface area (Å²) in [5.41, 5.74) is 14.0. The third-order valence-electron chi connectivity index (χ3n) is 15.2. The van der Waals surface area contributed by atoms with Gasteiger partial charge >= 0.3 is 47.9 Å². The number of nitrogens with zero attached hydrogens (tertiary/aromatic N) is 9. The normalized spacial score (nSPS) is 14.3. The van der Waals surface area contributed by atoms with E-state index in [-0.39, 0.29) is 35.2 Å². The van der Waals surface area contributed by atoms with Crippen LogP contribution in [0.5, 0.6) is 0 Å². The molecule has 0 aromatic carbocycles. The molecule has 3 aliphatic carbocycles. The molecule has 0 saturated heterocycles. The van der Waals surface area contributed by atoms with Crippen molar-refractivity contribution in [3.05, 3.63) is 160 Å². The third kappa shape index (κ3) is 29.7. The van der Waals surface area contributed by atoms with Crippen LogP contribution in [-0.4, -0.2) is 133 Å². The topological polar surface area (TPSA) is 343 Å². The van der Waals surface area contributed by atoms with E-state index in [2.05, 4.69) is 155 Å². The van der Waals surface area contributed by atoms with Gasteiger partial charge in [0.05, 0.1) is 83.5 Å². The van der Waals surface area contributed by atoms with Crippen molar-refractivity contribution in [2.45, 2.75) is 137 Å². The number of halogens is 7. The zero-order valence-electron chi connectivity index (χ0n) is 57.6. The van der Waals surface area contributed by atoms with E-state index >= 15 is 0 Å². The van der Waals surface area contributed by atoms with Crippen LogP contribution in [0.4, 0.5) is 10.3 Å². The summed E-state index contributed by atoms with van der Waals surface area (Å²) in [6.07, 6.45) is 9.40. The number of esters is 3. The second-order valence-corrected chi connectivity index (χ2v) is 33.5. The number of amides is 4. The number of thiazole rings is 2. The molecule has 0 spiro atoms. The number of H-pyrrole nitrogens is 1. The quantitative estimate of drug-likeness (QED) is 0.0144. The van der Waals surface area contributed by atoms with Gasteiger partial charge in [-0.3, -0.25) is 33.5 Å². The number of ether oxygens (including phenoxy) is 3. The first-order valence-electron chi connectivity index (χ1n) is 31.0. The summed E-state index contributed by atoms with van der Waals surface area (Å²) in [6, 6.07) is 15.6. The summed E-state index contributed by atoms with van der Waals surface area (Å²) in [5.74, 6) is 0.913. The van der Waals surface area contributed by atoms with Crippen molar-refractivity contribution in [1.29, 1.82) is 0 Å². The number of carbonyl (C=O) groups excluding carboxylic acids is 7. The number of hydrogen-bond acceptors (Lipinski definition) is 23. The van der Waals surface area contributed by atoms with Crippen molar-refractivity contribution in [3.63, 3.8) is 0 Å². The Kier molecular flexibility index (Phi) is 36.8. The van der Waals surface area contributed by atoms with E-state index < -0.39 is 23.1 Å². The number of methoxy groups -OCH3 is 3. The zero-order valence-corrected chi connectivity index (χ0v) is 67.2. The van der Waals surface area contributed by atoms with Crippen molar-refractivity contribution in [1.82, 2.24) is 44.7 Å². The Morgan fingerprint density at radius 3 is 1.66 bits per heavy atom. The van der Waals surface area contributed by atoms with Crippen LogP contribution in [-0.2, 0) is 46.8 Å². The van der Waals surface area contributed by atoms with Crippen LogP contribution in [0.15, 0.2) is 75.3 Å². The molecular weight excluding hydrogens is 1590 g/mol. The molecule has 102 heavy (non-hydrogen) atoms. The molecule has 1 radical (unpaired) electrons. The van der Waals surface area contributed by atoms with E-state index in [0.717, 1.165) is 44.6 Å². The van der Waals surface area contributed by atoms with Gasteiger partial charge in [-0.05, 0) is 187 Å². The van der Waals surface area contributed by atoms with Crippen molar-refractivity contribution >= 4 is 185 Å². The van der Waals surface area contributed by atoms with Crippen molar-refractivity contribution < 1.29 is 52.3 Å². The van der Waals surface area contributed by atoms with Crippen molar-refractivity contribution in [3.8, 4) is 10.4 Å². The molecule has 7 aromatic heterocycles. The molecule has 3 atom stereocenters. The number of fused-ring (bicyclic) bond motifs is 2. The molecule has 25 nitrogen and oxygen atoms in total.